The van der Waals surface area contributed by atoms with Gasteiger partial charge in [-0.15, -0.1) is 0 Å². The maximum Gasteiger partial charge on any atom is 0.246 e. The van der Waals surface area contributed by atoms with Gasteiger partial charge in [-0.25, -0.2) is 13.1 Å². The molecule has 112 valence electrons. The molecule has 6 nitrogen and oxygen atoms in total. The number of aromatic amines is 1. The number of halogens is 1. The van der Waals surface area contributed by atoms with Crippen LogP contribution < -0.4 is 14.9 Å². The lowest BCUT2D eigenvalue weighted by Crippen LogP contribution is -2.28. The van der Waals surface area contributed by atoms with Crippen LogP contribution in [0, 0.1) is 0 Å². The van der Waals surface area contributed by atoms with Crippen LogP contribution in [0.1, 0.15) is 5.56 Å². The molecule has 0 saturated carbocycles. The van der Waals surface area contributed by atoms with E-state index in [1.807, 2.05) is 0 Å². The van der Waals surface area contributed by atoms with Crippen molar-refractivity contribution in [3.8, 4) is 5.75 Å². The third-order valence-corrected chi connectivity index (χ3v) is 4.59. The van der Waals surface area contributed by atoms with Crippen LogP contribution >= 0.6 is 11.6 Å². The Balaban J connectivity index is 2.28. The topological polar surface area (TPSA) is 88.3 Å². The van der Waals surface area contributed by atoms with Gasteiger partial charge in [-0.1, -0.05) is 17.7 Å². The summed E-state index contributed by atoms with van der Waals surface area (Å²) in [6, 6.07) is 6.14. The fourth-order valence-electron chi connectivity index (χ4n) is 1.76. The predicted molar refractivity (Wildman–Crippen MR) is 79.1 cm³/mol. The Morgan fingerprint density at radius 2 is 2.10 bits per heavy atom. The zero-order valence-electron chi connectivity index (χ0n) is 11.1. The summed E-state index contributed by atoms with van der Waals surface area (Å²) >= 11 is 6.03. The monoisotopic (exact) mass is 328 g/mol. The minimum absolute atomic E-state index is 0.0838. The van der Waals surface area contributed by atoms with E-state index in [9.17, 15) is 13.2 Å². The molecule has 0 aliphatic carbocycles. The van der Waals surface area contributed by atoms with Crippen molar-refractivity contribution in [3.63, 3.8) is 0 Å². The average molecular weight is 329 g/mol. The Morgan fingerprint density at radius 1 is 1.33 bits per heavy atom. The van der Waals surface area contributed by atoms with Gasteiger partial charge in [-0.05, 0) is 12.1 Å². The fourth-order valence-corrected chi connectivity index (χ4v) is 3.04. The lowest BCUT2D eigenvalue weighted by atomic mass is 10.2. The molecule has 0 amide bonds. The number of rotatable bonds is 5. The molecule has 0 bridgehead atoms. The molecule has 2 N–H and O–H groups in total. The van der Waals surface area contributed by atoms with Crippen molar-refractivity contribution < 1.29 is 13.2 Å². The molecular weight excluding hydrogens is 316 g/mol. The number of H-pyrrole nitrogens is 1. The molecule has 2 aromatic rings. The molecule has 21 heavy (non-hydrogen) atoms. The number of pyridine rings is 1. The summed E-state index contributed by atoms with van der Waals surface area (Å²) in [7, 11) is -2.47. The molecule has 0 aliphatic rings. The number of methoxy groups -OCH3 is 1. The first-order valence-corrected chi connectivity index (χ1v) is 7.80. The SMILES string of the molecule is COc1cccc(Cl)c1CNS(=O)(=O)c1c[nH]ccc1=O. The second-order valence-electron chi connectivity index (χ2n) is 4.12. The van der Waals surface area contributed by atoms with Gasteiger partial charge in [0.05, 0.1) is 7.11 Å². The van der Waals surface area contributed by atoms with Gasteiger partial charge in [0.25, 0.3) is 0 Å². The summed E-state index contributed by atoms with van der Waals surface area (Å²) in [5.74, 6) is 0.465. The molecule has 0 spiro atoms. The standard InChI is InChI=1S/C13H13ClN2O4S/c1-20-12-4-2-3-10(14)9(12)7-16-21(18,19)13-8-15-6-5-11(13)17/h2-6,8,16H,7H2,1H3,(H,15,17). The molecular formula is C13H13ClN2O4S. The third kappa shape index (κ3) is 3.44. The highest BCUT2D eigenvalue weighted by Gasteiger charge is 2.19. The highest BCUT2D eigenvalue weighted by molar-refractivity contribution is 7.89. The number of benzene rings is 1. The molecule has 0 aliphatic heterocycles. The Labute approximate surface area is 126 Å². The summed E-state index contributed by atoms with van der Waals surface area (Å²) < 4.78 is 31.7. The average Bonchev–Trinajstić information content (AvgIpc) is 2.46. The lowest BCUT2D eigenvalue weighted by molar-refractivity contribution is 0.409. The number of aromatic nitrogens is 1. The van der Waals surface area contributed by atoms with Gasteiger partial charge >= 0.3 is 0 Å². The molecule has 2 rings (SSSR count). The summed E-state index contributed by atoms with van der Waals surface area (Å²) in [5.41, 5.74) is -0.0926. The van der Waals surface area contributed by atoms with Gasteiger partial charge < -0.3 is 9.72 Å². The minimum atomic E-state index is -3.94. The van der Waals surface area contributed by atoms with E-state index in [2.05, 4.69) is 9.71 Å². The van der Waals surface area contributed by atoms with Gasteiger partial charge in [-0.3, -0.25) is 4.79 Å². The third-order valence-electron chi connectivity index (χ3n) is 2.81. The van der Waals surface area contributed by atoms with Crippen molar-refractivity contribution >= 4 is 21.6 Å². The number of hydrogen-bond acceptors (Lipinski definition) is 4. The summed E-state index contributed by atoms with van der Waals surface area (Å²) in [5, 5.41) is 0.374. The second-order valence-corrected chi connectivity index (χ2v) is 6.26. The van der Waals surface area contributed by atoms with Crippen molar-refractivity contribution in [3.05, 3.63) is 57.5 Å². The highest BCUT2D eigenvalue weighted by atomic mass is 35.5. The van der Waals surface area contributed by atoms with E-state index in [4.69, 9.17) is 16.3 Å². The largest absolute Gasteiger partial charge is 0.496 e. The molecule has 0 atom stereocenters. The van der Waals surface area contributed by atoms with Crippen LogP contribution in [0.5, 0.6) is 5.75 Å². The lowest BCUT2D eigenvalue weighted by Gasteiger charge is -2.11. The van der Waals surface area contributed by atoms with Crippen LogP contribution in [-0.2, 0) is 16.6 Å². The summed E-state index contributed by atoms with van der Waals surface area (Å²) in [6.45, 7) is -0.0838. The summed E-state index contributed by atoms with van der Waals surface area (Å²) in [4.78, 5) is 13.8. The highest BCUT2D eigenvalue weighted by Crippen LogP contribution is 2.26. The van der Waals surface area contributed by atoms with Crippen molar-refractivity contribution in [2.24, 2.45) is 0 Å². The maximum absolute atomic E-state index is 12.1. The first kappa shape index (κ1) is 15.6. The predicted octanol–water partition coefficient (Wildman–Crippen LogP) is 1.52. The van der Waals surface area contributed by atoms with Crippen molar-refractivity contribution in [1.29, 1.82) is 0 Å². The first-order valence-electron chi connectivity index (χ1n) is 5.94. The molecule has 1 aromatic carbocycles. The second kappa shape index (κ2) is 6.30. The Hall–Kier alpha value is -1.83. The smallest absolute Gasteiger partial charge is 0.246 e. The number of nitrogens with one attached hydrogen (secondary N) is 2. The van der Waals surface area contributed by atoms with E-state index in [1.54, 1.807) is 18.2 Å². The van der Waals surface area contributed by atoms with E-state index in [-0.39, 0.29) is 11.4 Å². The Bertz CT molecular complexity index is 802. The van der Waals surface area contributed by atoms with E-state index < -0.39 is 15.5 Å². The van der Waals surface area contributed by atoms with Gasteiger partial charge in [-0.2, -0.15) is 0 Å². The molecule has 8 heteroatoms. The quantitative estimate of drug-likeness (QED) is 0.871. The van der Waals surface area contributed by atoms with E-state index in [0.717, 1.165) is 12.3 Å². The fraction of sp³-hybridized carbons (Fsp3) is 0.154. The Morgan fingerprint density at radius 3 is 2.76 bits per heavy atom. The van der Waals surface area contributed by atoms with Crippen LogP contribution in [0.4, 0.5) is 0 Å². The van der Waals surface area contributed by atoms with Crippen molar-refractivity contribution in [1.82, 2.24) is 9.71 Å². The van der Waals surface area contributed by atoms with Crippen molar-refractivity contribution in [2.45, 2.75) is 11.4 Å². The normalized spacial score (nSPS) is 11.3. The van der Waals surface area contributed by atoms with E-state index >= 15 is 0 Å². The molecule has 0 fully saturated rings. The molecule has 1 aromatic heterocycles. The molecule has 1 heterocycles. The van der Waals surface area contributed by atoms with Gasteiger partial charge in [0, 0.05) is 35.6 Å². The zero-order valence-corrected chi connectivity index (χ0v) is 12.7. The first-order chi connectivity index (χ1) is 9.95. The molecule has 0 saturated heterocycles. The number of sulfonamides is 1. The minimum Gasteiger partial charge on any atom is -0.496 e. The van der Waals surface area contributed by atoms with Crippen LogP contribution in [0.3, 0.4) is 0 Å². The van der Waals surface area contributed by atoms with E-state index in [1.165, 1.54) is 13.3 Å². The zero-order chi connectivity index (χ0) is 15.5. The maximum atomic E-state index is 12.1. The van der Waals surface area contributed by atoms with Gasteiger partial charge in [0.15, 0.2) is 0 Å². The van der Waals surface area contributed by atoms with Gasteiger partial charge in [0.1, 0.15) is 10.6 Å². The van der Waals surface area contributed by atoms with Crippen molar-refractivity contribution in [2.75, 3.05) is 7.11 Å². The van der Waals surface area contributed by atoms with Crippen LogP contribution in [0.2, 0.25) is 5.02 Å². The van der Waals surface area contributed by atoms with Crippen LogP contribution in [0.15, 0.2) is 46.3 Å². The Kier molecular flexibility index (Phi) is 4.66. The molecule has 0 radical (unpaired) electrons. The number of ether oxygens (including phenoxy) is 1. The number of hydrogen-bond donors (Lipinski definition) is 2. The van der Waals surface area contributed by atoms with Crippen LogP contribution in [0.25, 0.3) is 0 Å². The van der Waals surface area contributed by atoms with E-state index in [0.29, 0.717) is 16.3 Å². The summed E-state index contributed by atoms with van der Waals surface area (Å²) in [6.07, 6.45) is 2.49. The van der Waals surface area contributed by atoms with Gasteiger partial charge in [0.2, 0.25) is 15.5 Å². The molecule has 0 unspecified atom stereocenters. The van der Waals surface area contributed by atoms with Crippen LogP contribution in [-0.4, -0.2) is 20.5 Å².